The molecule has 0 saturated carbocycles. The first kappa shape index (κ1) is 26.0. The number of carbonyl (C=O) groups excluding carboxylic acids is 3. The van der Waals surface area contributed by atoms with Gasteiger partial charge in [0.05, 0.1) is 17.1 Å². The number of carbonyl (C=O) groups is 3. The summed E-state index contributed by atoms with van der Waals surface area (Å²) < 4.78 is 32.0. The summed E-state index contributed by atoms with van der Waals surface area (Å²) in [6, 6.07) is 8.67. The van der Waals surface area contributed by atoms with Gasteiger partial charge >= 0.3 is 5.97 Å². The topological polar surface area (TPSA) is 132 Å². The molecule has 1 heterocycles. The molecule has 0 fully saturated rings. The Hall–Kier alpha value is -3.27. The monoisotopic (exact) mass is 475 g/mol. The summed E-state index contributed by atoms with van der Waals surface area (Å²) in [7, 11) is -4.10. The molecule has 33 heavy (non-hydrogen) atoms. The fourth-order valence-corrected chi connectivity index (χ4v) is 3.74. The van der Waals surface area contributed by atoms with Gasteiger partial charge in [0.15, 0.2) is 0 Å². The van der Waals surface area contributed by atoms with Crippen molar-refractivity contribution in [2.75, 3.05) is 13.2 Å². The maximum atomic E-state index is 12.5. The summed E-state index contributed by atoms with van der Waals surface area (Å²) in [5.74, 6) is -1.48. The maximum Gasteiger partial charge on any atom is 0.356 e. The van der Waals surface area contributed by atoms with Gasteiger partial charge in [-0.15, -0.1) is 0 Å². The van der Waals surface area contributed by atoms with Crippen LogP contribution in [0.25, 0.3) is 0 Å². The molecule has 0 aliphatic rings. The van der Waals surface area contributed by atoms with Gasteiger partial charge in [-0.25, -0.2) is 22.9 Å². The molecule has 0 bridgehead atoms. The number of nitrogens with one attached hydrogen (secondary N) is 2. The first-order valence-electron chi connectivity index (χ1n) is 10.8. The van der Waals surface area contributed by atoms with E-state index in [4.69, 9.17) is 4.74 Å². The molecule has 178 valence electrons. The van der Waals surface area contributed by atoms with Crippen molar-refractivity contribution in [1.82, 2.24) is 15.0 Å². The van der Waals surface area contributed by atoms with Crippen LogP contribution in [0.4, 0.5) is 0 Å². The minimum atomic E-state index is -4.10. The highest BCUT2D eigenvalue weighted by Gasteiger charge is 2.19. The number of pyridine rings is 1. The van der Waals surface area contributed by atoms with E-state index in [9.17, 15) is 22.8 Å². The van der Waals surface area contributed by atoms with Crippen molar-refractivity contribution in [3.05, 3.63) is 59.4 Å². The third-order valence-electron chi connectivity index (χ3n) is 4.63. The minimum absolute atomic E-state index is 0.000802. The van der Waals surface area contributed by atoms with Crippen LogP contribution in [-0.2, 0) is 26.0 Å². The highest BCUT2D eigenvalue weighted by Crippen LogP contribution is 2.12. The summed E-state index contributed by atoms with van der Waals surface area (Å²) in [4.78, 5) is 39.5. The van der Waals surface area contributed by atoms with Crippen LogP contribution in [-0.4, -0.2) is 44.3 Å². The van der Waals surface area contributed by atoms with Gasteiger partial charge < -0.3 is 10.1 Å². The van der Waals surface area contributed by atoms with E-state index < -0.39 is 21.9 Å². The van der Waals surface area contributed by atoms with Gasteiger partial charge in [-0.3, -0.25) is 9.59 Å². The summed E-state index contributed by atoms with van der Waals surface area (Å²) in [5, 5.41) is 2.83. The van der Waals surface area contributed by atoms with Crippen LogP contribution in [0.2, 0.25) is 0 Å². The normalized spacial score (nSPS) is 11.0. The summed E-state index contributed by atoms with van der Waals surface area (Å²) in [6.07, 6.45) is 4.63. The number of ether oxygens (including phenoxy) is 1. The molecule has 2 rings (SSSR count). The summed E-state index contributed by atoms with van der Waals surface area (Å²) >= 11 is 0. The minimum Gasteiger partial charge on any atom is -0.461 e. The van der Waals surface area contributed by atoms with Crippen LogP contribution in [0.15, 0.2) is 47.5 Å². The average molecular weight is 476 g/mol. The Morgan fingerprint density at radius 2 is 1.73 bits per heavy atom. The number of sulfonamides is 1. The van der Waals surface area contributed by atoms with Crippen LogP contribution >= 0.6 is 0 Å². The molecule has 1 aromatic heterocycles. The second kappa shape index (κ2) is 12.7. The lowest BCUT2D eigenvalue weighted by Crippen LogP contribution is -2.30. The maximum absolute atomic E-state index is 12.5. The van der Waals surface area contributed by atoms with Crippen molar-refractivity contribution in [1.29, 1.82) is 0 Å². The van der Waals surface area contributed by atoms with E-state index in [0.717, 1.165) is 24.6 Å². The van der Waals surface area contributed by atoms with Gasteiger partial charge in [0.2, 0.25) is 5.91 Å². The summed E-state index contributed by atoms with van der Waals surface area (Å²) in [5.41, 5.74) is 0.867. The van der Waals surface area contributed by atoms with Crippen LogP contribution < -0.4 is 10.0 Å². The number of amides is 2. The zero-order valence-corrected chi connectivity index (χ0v) is 19.6. The number of hydrogen-bond acceptors (Lipinski definition) is 7. The van der Waals surface area contributed by atoms with Crippen molar-refractivity contribution >= 4 is 27.8 Å². The number of aromatic nitrogens is 1. The van der Waals surface area contributed by atoms with E-state index in [1.54, 1.807) is 12.1 Å². The molecule has 0 spiro atoms. The molecule has 0 radical (unpaired) electrons. The Morgan fingerprint density at radius 3 is 2.33 bits per heavy atom. The molecule has 1 aromatic carbocycles. The van der Waals surface area contributed by atoms with Gasteiger partial charge in [-0.2, -0.15) is 0 Å². The first-order chi connectivity index (χ1) is 15.8. The summed E-state index contributed by atoms with van der Waals surface area (Å²) in [6.45, 7) is 4.59. The van der Waals surface area contributed by atoms with E-state index in [1.807, 2.05) is 18.6 Å². The van der Waals surface area contributed by atoms with Crippen LogP contribution in [0.5, 0.6) is 0 Å². The van der Waals surface area contributed by atoms with Crippen molar-refractivity contribution in [3.8, 4) is 0 Å². The molecule has 0 aliphatic carbocycles. The number of nitrogens with zero attached hydrogens (tertiary/aromatic N) is 1. The Morgan fingerprint density at radius 1 is 1.00 bits per heavy atom. The van der Waals surface area contributed by atoms with Crippen molar-refractivity contribution in [2.45, 2.75) is 50.8 Å². The predicted molar refractivity (Wildman–Crippen MR) is 122 cm³/mol. The van der Waals surface area contributed by atoms with Crippen molar-refractivity contribution in [3.63, 3.8) is 0 Å². The molecular formula is C23H29N3O6S. The number of benzene rings is 1. The van der Waals surface area contributed by atoms with Gasteiger partial charge in [0.1, 0.15) is 5.69 Å². The third kappa shape index (κ3) is 8.30. The highest BCUT2D eigenvalue weighted by molar-refractivity contribution is 7.90. The molecule has 9 nitrogen and oxygen atoms in total. The fraction of sp³-hybridized carbons (Fsp3) is 0.391. The molecule has 0 aliphatic heterocycles. The molecule has 0 atom stereocenters. The third-order valence-corrected chi connectivity index (χ3v) is 5.97. The average Bonchev–Trinajstić information content (AvgIpc) is 2.81. The number of hydrogen-bond donors (Lipinski definition) is 2. The molecule has 2 amide bonds. The lowest BCUT2D eigenvalue weighted by atomic mass is 10.1. The van der Waals surface area contributed by atoms with E-state index in [-0.39, 0.29) is 28.7 Å². The van der Waals surface area contributed by atoms with Gasteiger partial charge in [-0.1, -0.05) is 32.4 Å². The van der Waals surface area contributed by atoms with Crippen LogP contribution in [0, 0.1) is 0 Å². The van der Waals surface area contributed by atoms with Crippen LogP contribution in [0.1, 0.15) is 65.9 Å². The largest absolute Gasteiger partial charge is 0.461 e. The highest BCUT2D eigenvalue weighted by atomic mass is 32.2. The van der Waals surface area contributed by atoms with Crippen molar-refractivity contribution in [2.24, 2.45) is 0 Å². The zero-order chi connectivity index (χ0) is 24.3. The first-order valence-corrected chi connectivity index (χ1v) is 12.3. The van der Waals surface area contributed by atoms with Gasteiger partial charge in [0, 0.05) is 19.2 Å². The smallest absolute Gasteiger partial charge is 0.356 e. The number of rotatable bonds is 12. The predicted octanol–water partition coefficient (Wildman–Crippen LogP) is 2.62. The Kier molecular flexibility index (Phi) is 9.99. The molecule has 0 saturated heterocycles. The SMILES string of the molecule is CCCCC(=O)NCCc1ccc(S(=O)(=O)NC(=O)c2ccc(C(=O)OCCC)nc2)cc1. The molecule has 2 N–H and O–H groups in total. The van der Waals surface area contributed by atoms with E-state index in [0.29, 0.717) is 25.8 Å². The molecule has 2 aromatic rings. The van der Waals surface area contributed by atoms with E-state index in [1.165, 1.54) is 24.3 Å². The molecule has 0 unspecified atom stereocenters. The van der Waals surface area contributed by atoms with E-state index >= 15 is 0 Å². The second-order valence-electron chi connectivity index (χ2n) is 7.35. The number of esters is 1. The van der Waals surface area contributed by atoms with Crippen molar-refractivity contribution < 1.29 is 27.5 Å². The lowest BCUT2D eigenvalue weighted by Gasteiger charge is -2.09. The molecular weight excluding hydrogens is 446 g/mol. The molecule has 10 heteroatoms. The standard InChI is InChI=1S/C23H29N3O6S/c1-3-5-6-21(27)24-14-13-17-7-10-19(11-8-17)33(30,31)26-22(28)18-9-12-20(25-16-18)23(29)32-15-4-2/h7-12,16H,3-6,13-15H2,1-2H3,(H,24,27)(H,26,28). The second-order valence-corrected chi connectivity index (χ2v) is 9.03. The lowest BCUT2D eigenvalue weighted by molar-refractivity contribution is -0.121. The zero-order valence-electron chi connectivity index (χ0n) is 18.8. The van der Waals surface area contributed by atoms with E-state index in [2.05, 4.69) is 10.3 Å². The fourth-order valence-electron chi connectivity index (χ4n) is 2.76. The van der Waals surface area contributed by atoms with Gasteiger partial charge in [-0.05, 0) is 49.1 Å². The quantitative estimate of drug-likeness (QED) is 0.451. The van der Waals surface area contributed by atoms with Gasteiger partial charge in [0.25, 0.3) is 15.9 Å². The Labute approximate surface area is 194 Å². The number of unbranched alkanes of at least 4 members (excludes halogenated alkanes) is 1. The Bertz CT molecular complexity index is 1050. The van der Waals surface area contributed by atoms with Crippen LogP contribution in [0.3, 0.4) is 0 Å². The Balaban J connectivity index is 1.93.